The van der Waals surface area contributed by atoms with Crippen molar-refractivity contribution in [3.05, 3.63) is 17.1 Å². The van der Waals surface area contributed by atoms with Crippen LogP contribution in [-0.4, -0.2) is 27.7 Å². The lowest BCUT2D eigenvalue weighted by atomic mass is 9.85. The molecular formula is C16H25N3O. The van der Waals surface area contributed by atoms with Gasteiger partial charge in [-0.1, -0.05) is 13.3 Å². The highest BCUT2D eigenvalue weighted by molar-refractivity contribution is 5.49. The third-order valence-electron chi connectivity index (χ3n) is 5.05. The standard InChI is InChI=1S/C16H25N3O/c1-11-17-13-7-4-3-6-12(13)15(18-11)19-14-8-5-9-16(14,2)10-20/h14,20H,3-10H2,1-2H3,(H,17,18,19). The van der Waals surface area contributed by atoms with Gasteiger partial charge in [-0.3, -0.25) is 0 Å². The van der Waals surface area contributed by atoms with E-state index in [9.17, 15) is 5.11 Å². The lowest BCUT2D eigenvalue weighted by Gasteiger charge is -2.31. The van der Waals surface area contributed by atoms with E-state index in [1.54, 1.807) is 0 Å². The number of hydrogen-bond acceptors (Lipinski definition) is 4. The van der Waals surface area contributed by atoms with Gasteiger partial charge in [-0.05, 0) is 45.4 Å². The van der Waals surface area contributed by atoms with Crippen molar-refractivity contribution in [3.63, 3.8) is 0 Å². The van der Waals surface area contributed by atoms with Gasteiger partial charge in [0, 0.05) is 22.7 Å². The first-order valence-corrected chi connectivity index (χ1v) is 7.86. The average Bonchev–Trinajstić information content (AvgIpc) is 2.81. The maximum absolute atomic E-state index is 9.69. The normalized spacial score (nSPS) is 29.2. The van der Waals surface area contributed by atoms with Crippen molar-refractivity contribution in [2.75, 3.05) is 11.9 Å². The minimum absolute atomic E-state index is 0.0135. The molecule has 0 aromatic carbocycles. The Bertz CT molecular complexity index is 503. The summed E-state index contributed by atoms with van der Waals surface area (Å²) in [5.74, 6) is 1.88. The monoisotopic (exact) mass is 275 g/mol. The molecule has 1 fully saturated rings. The molecule has 2 N–H and O–H groups in total. The number of aryl methyl sites for hydroxylation is 2. The third-order valence-corrected chi connectivity index (χ3v) is 5.05. The predicted octanol–water partition coefficient (Wildman–Crippen LogP) is 2.63. The van der Waals surface area contributed by atoms with Gasteiger partial charge in [0.05, 0.1) is 6.61 Å². The summed E-state index contributed by atoms with van der Waals surface area (Å²) in [5.41, 5.74) is 2.53. The maximum Gasteiger partial charge on any atom is 0.133 e. The minimum Gasteiger partial charge on any atom is -0.396 e. The average molecular weight is 275 g/mol. The predicted molar refractivity (Wildman–Crippen MR) is 79.9 cm³/mol. The first-order chi connectivity index (χ1) is 9.62. The van der Waals surface area contributed by atoms with E-state index in [1.165, 1.54) is 30.5 Å². The zero-order chi connectivity index (χ0) is 14.2. The van der Waals surface area contributed by atoms with Gasteiger partial charge >= 0.3 is 0 Å². The molecule has 20 heavy (non-hydrogen) atoms. The lowest BCUT2D eigenvalue weighted by molar-refractivity contribution is 0.138. The molecule has 1 heterocycles. The van der Waals surface area contributed by atoms with Crippen LogP contribution < -0.4 is 5.32 Å². The Hall–Kier alpha value is -1.16. The summed E-state index contributed by atoms with van der Waals surface area (Å²) < 4.78 is 0. The number of nitrogens with one attached hydrogen (secondary N) is 1. The summed E-state index contributed by atoms with van der Waals surface area (Å²) in [7, 11) is 0. The number of rotatable bonds is 3. The zero-order valence-corrected chi connectivity index (χ0v) is 12.6. The maximum atomic E-state index is 9.69. The van der Waals surface area contributed by atoms with Gasteiger partial charge in [-0.2, -0.15) is 0 Å². The Morgan fingerprint density at radius 3 is 2.85 bits per heavy atom. The highest BCUT2D eigenvalue weighted by atomic mass is 16.3. The van der Waals surface area contributed by atoms with E-state index in [2.05, 4.69) is 22.2 Å². The number of aromatic nitrogens is 2. The summed E-state index contributed by atoms with van der Waals surface area (Å²) in [5, 5.41) is 13.3. The van der Waals surface area contributed by atoms with Crippen LogP contribution in [0.4, 0.5) is 5.82 Å². The second-order valence-electron chi connectivity index (χ2n) is 6.65. The van der Waals surface area contributed by atoms with Crippen LogP contribution in [-0.2, 0) is 12.8 Å². The van der Waals surface area contributed by atoms with Crippen molar-refractivity contribution in [1.29, 1.82) is 0 Å². The first kappa shape index (κ1) is 13.8. The molecule has 1 aromatic heterocycles. The quantitative estimate of drug-likeness (QED) is 0.890. The van der Waals surface area contributed by atoms with Gasteiger partial charge in [0.2, 0.25) is 0 Å². The largest absolute Gasteiger partial charge is 0.396 e. The van der Waals surface area contributed by atoms with Crippen LogP contribution in [0.15, 0.2) is 0 Å². The van der Waals surface area contributed by atoms with E-state index in [-0.39, 0.29) is 12.0 Å². The van der Waals surface area contributed by atoms with Crippen molar-refractivity contribution in [3.8, 4) is 0 Å². The van der Waals surface area contributed by atoms with E-state index in [0.717, 1.165) is 37.3 Å². The molecule has 1 aromatic rings. The number of aliphatic hydroxyl groups excluding tert-OH is 1. The van der Waals surface area contributed by atoms with E-state index >= 15 is 0 Å². The fourth-order valence-electron chi connectivity index (χ4n) is 3.67. The SMILES string of the molecule is Cc1nc2c(c(NC3CCCC3(C)CO)n1)CCCC2. The second kappa shape index (κ2) is 5.32. The molecule has 0 saturated heterocycles. The number of anilines is 1. The molecule has 2 unspecified atom stereocenters. The van der Waals surface area contributed by atoms with Crippen LogP contribution in [0.3, 0.4) is 0 Å². The van der Waals surface area contributed by atoms with Gasteiger partial charge in [0.25, 0.3) is 0 Å². The molecule has 1 saturated carbocycles. The van der Waals surface area contributed by atoms with Crippen molar-refractivity contribution in [1.82, 2.24) is 9.97 Å². The highest BCUT2D eigenvalue weighted by Crippen LogP contribution is 2.39. The van der Waals surface area contributed by atoms with Crippen LogP contribution in [0.5, 0.6) is 0 Å². The summed E-state index contributed by atoms with van der Waals surface area (Å²) in [6.07, 6.45) is 8.02. The summed E-state index contributed by atoms with van der Waals surface area (Å²) in [4.78, 5) is 9.25. The highest BCUT2D eigenvalue weighted by Gasteiger charge is 2.38. The Kier molecular flexibility index (Phi) is 3.67. The van der Waals surface area contributed by atoms with Crippen molar-refractivity contribution < 1.29 is 5.11 Å². The van der Waals surface area contributed by atoms with E-state index < -0.39 is 0 Å². The Labute approximate surface area is 121 Å². The number of hydrogen-bond donors (Lipinski definition) is 2. The summed E-state index contributed by atoms with van der Waals surface area (Å²) in [6.45, 7) is 4.40. The number of fused-ring (bicyclic) bond motifs is 1. The van der Waals surface area contributed by atoms with E-state index in [1.807, 2.05) is 6.92 Å². The Balaban J connectivity index is 1.89. The van der Waals surface area contributed by atoms with Gasteiger partial charge < -0.3 is 10.4 Å². The fourth-order valence-corrected chi connectivity index (χ4v) is 3.67. The molecule has 2 atom stereocenters. The molecule has 4 nitrogen and oxygen atoms in total. The van der Waals surface area contributed by atoms with Gasteiger partial charge in [0.15, 0.2) is 0 Å². The molecule has 0 aliphatic heterocycles. The van der Waals surface area contributed by atoms with Gasteiger partial charge in [-0.25, -0.2) is 9.97 Å². The molecule has 4 heteroatoms. The third kappa shape index (κ3) is 2.41. The van der Waals surface area contributed by atoms with Crippen molar-refractivity contribution in [2.45, 2.75) is 64.8 Å². The van der Waals surface area contributed by atoms with Gasteiger partial charge in [0.1, 0.15) is 11.6 Å². The van der Waals surface area contributed by atoms with Crippen LogP contribution >= 0.6 is 0 Å². The molecule has 0 bridgehead atoms. The number of aliphatic hydroxyl groups is 1. The smallest absolute Gasteiger partial charge is 0.133 e. The topological polar surface area (TPSA) is 58.0 Å². The zero-order valence-electron chi connectivity index (χ0n) is 12.6. The first-order valence-electron chi connectivity index (χ1n) is 7.86. The molecule has 2 aliphatic rings. The van der Waals surface area contributed by atoms with Crippen LogP contribution in [0.1, 0.15) is 56.1 Å². The fraction of sp³-hybridized carbons (Fsp3) is 0.750. The lowest BCUT2D eigenvalue weighted by Crippen LogP contribution is -2.37. The van der Waals surface area contributed by atoms with E-state index in [0.29, 0.717) is 6.04 Å². The molecule has 110 valence electrons. The number of nitrogens with zero attached hydrogens (tertiary/aromatic N) is 2. The van der Waals surface area contributed by atoms with Crippen molar-refractivity contribution in [2.24, 2.45) is 5.41 Å². The minimum atomic E-state index is -0.0135. The Morgan fingerprint density at radius 2 is 2.05 bits per heavy atom. The van der Waals surface area contributed by atoms with Crippen molar-refractivity contribution >= 4 is 5.82 Å². The summed E-state index contributed by atoms with van der Waals surface area (Å²) in [6, 6.07) is 0.327. The summed E-state index contributed by atoms with van der Waals surface area (Å²) >= 11 is 0. The van der Waals surface area contributed by atoms with Crippen LogP contribution in [0.2, 0.25) is 0 Å². The molecule has 0 spiro atoms. The molecular weight excluding hydrogens is 250 g/mol. The van der Waals surface area contributed by atoms with Gasteiger partial charge in [-0.15, -0.1) is 0 Å². The van der Waals surface area contributed by atoms with Crippen LogP contribution in [0.25, 0.3) is 0 Å². The molecule has 0 radical (unpaired) electrons. The molecule has 0 amide bonds. The molecule has 3 rings (SSSR count). The second-order valence-corrected chi connectivity index (χ2v) is 6.65. The molecule has 2 aliphatic carbocycles. The Morgan fingerprint density at radius 1 is 1.25 bits per heavy atom. The van der Waals surface area contributed by atoms with Crippen LogP contribution in [0, 0.1) is 12.3 Å². The van der Waals surface area contributed by atoms with E-state index in [4.69, 9.17) is 0 Å².